The first-order valence-electron chi connectivity index (χ1n) is 4.88. The molecular formula is C11H12N4O. The lowest BCUT2D eigenvalue weighted by atomic mass is 10.2. The van der Waals surface area contributed by atoms with Crippen molar-refractivity contribution in [3.05, 3.63) is 35.9 Å². The van der Waals surface area contributed by atoms with Crippen molar-refractivity contribution in [2.75, 3.05) is 0 Å². The SMILES string of the molecule is CC(=NO)c1nc(-c2ccncc2)[nH]c1C. The summed E-state index contributed by atoms with van der Waals surface area (Å²) in [5.74, 6) is 0.748. The molecule has 0 amide bonds. The van der Waals surface area contributed by atoms with Gasteiger partial charge in [-0.1, -0.05) is 5.16 Å². The largest absolute Gasteiger partial charge is 0.411 e. The Labute approximate surface area is 92.9 Å². The van der Waals surface area contributed by atoms with E-state index in [0.29, 0.717) is 11.4 Å². The summed E-state index contributed by atoms with van der Waals surface area (Å²) in [7, 11) is 0. The number of oxime groups is 1. The van der Waals surface area contributed by atoms with Gasteiger partial charge in [-0.05, 0) is 26.0 Å². The molecule has 16 heavy (non-hydrogen) atoms. The quantitative estimate of drug-likeness (QED) is 0.458. The first-order chi connectivity index (χ1) is 7.72. The van der Waals surface area contributed by atoms with Crippen LogP contribution in [0.5, 0.6) is 0 Å². The fraction of sp³-hybridized carbons (Fsp3) is 0.182. The van der Waals surface area contributed by atoms with E-state index in [1.807, 2.05) is 19.1 Å². The van der Waals surface area contributed by atoms with Crippen molar-refractivity contribution >= 4 is 5.71 Å². The fourth-order valence-corrected chi connectivity index (χ4v) is 1.51. The number of aromatic amines is 1. The number of hydrogen-bond acceptors (Lipinski definition) is 4. The van der Waals surface area contributed by atoms with Crippen molar-refractivity contribution in [2.45, 2.75) is 13.8 Å². The number of imidazole rings is 1. The maximum absolute atomic E-state index is 8.72. The highest BCUT2D eigenvalue weighted by molar-refractivity contribution is 5.98. The van der Waals surface area contributed by atoms with Crippen LogP contribution in [0.1, 0.15) is 18.3 Å². The van der Waals surface area contributed by atoms with Gasteiger partial charge in [-0.15, -0.1) is 0 Å². The van der Waals surface area contributed by atoms with Gasteiger partial charge in [0.15, 0.2) is 0 Å². The average molecular weight is 216 g/mol. The molecule has 0 saturated carbocycles. The topological polar surface area (TPSA) is 74.2 Å². The van der Waals surface area contributed by atoms with Gasteiger partial charge in [-0.25, -0.2) is 4.98 Å². The molecule has 0 aliphatic heterocycles. The zero-order valence-electron chi connectivity index (χ0n) is 9.10. The molecule has 0 atom stereocenters. The lowest BCUT2D eigenvalue weighted by Crippen LogP contribution is -1.97. The normalized spacial score (nSPS) is 11.8. The molecule has 0 radical (unpaired) electrons. The lowest BCUT2D eigenvalue weighted by molar-refractivity contribution is 0.319. The van der Waals surface area contributed by atoms with E-state index in [-0.39, 0.29) is 0 Å². The number of aryl methyl sites for hydroxylation is 1. The van der Waals surface area contributed by atoms with Crippen molar-refractivity contribution in [2.24, 2.45) is 5.16 Å². The monoisotopic (exact) mass is 216 g/mol. The van der Waals surface area contributed by atoms with E-state index < -0.39 is 0 Å². The summed E-state index contributed by atoms with van der Waals surface area (Å²) in [4.78, 5) is 11.5. The van der Waals surface area contributed by atoms with Crippen LogP contribution in [0.4, 0.5) is 0 Å². The lowest BCUT2D eigenvalue weighted by Gasteiger charge is -1.93. The third-order valence-electron chi connectivity index (χ3n) is 2.33. The molecule has 0 bridgehead atoms. The Balaban J connectivity index is 2.46. The van der Waals surface area contributed by atoms with Crippen molar-refractivity contribution in [1.82, 2.24) is 15.0 Å². The predicted molar refractivity (Wildman–Crippen MR) is 60.6 cm³/mol. The zero-order chi connectivity index (χ0) is 11.5. The smallest absolute Gasteiger partial charge is 0.138 e. The van der Waals surface area contributed by atoms with Crippen molar-refractivity contribution in [3.8, 4) is 11.4 Å². The molecule has 2 aromatic rings. The zero-order valence-corrected chi connectivity index (χ0v) is 9.10. The van der Waals surface area contributed by atoms with E-state index in [2.05, 4.69) is 20.1 Å². The number of hydrogen-bond donors (Lipinski definition) is 2. The van der Waals surface area contributed by atoms with Crippen LogP contribution >= 0.6 is 0 Å². The van der Waals surface area contributed by atoms with Crippen molar-refractivity contribution in [3.63, 3.8) is 0 Å². The highest BCUT2D eigenvalue weighted by Crippen LogP contribution is 2.17. The third kappa shape index (κ3) is 1.79. The van der Waals surface area contributed by atoms with Crippen LogP contribution in [0.15, 0.2) is 29.7 Å². The standard InChI is InChI=1S/C11H12N4O/c1-7-10(8(2)15-16)14-11(13-7)9-3-5-12-6-4-9/h3-6,16H,1-2H3,(H,13,14). The van der Waals surface area contributed by atoms with Crippen LogP contribution in [0, 0.1) is 6.92 Å². The molecule has 0 fully saturated rings. The Hall–Kier alpha value is -2.17. The van der Waals surface area contributed by atoms with E-state index in [1.165, 1.54) is 0 Å². The highest BCUT2D eigenvalue weighted by atomic mass is 16.4. The van der Waals surface area contributed by atoms with Gasteiger partial charge in [-0.2, -0.15) is 0 Å². The molecule has 2 rings (SSSR count). The maximum Gasteiger partial charge on any atom is 0.138 e. The second-order valence-corrected chi connectivity index (χ2v) is 3.48. The number of aromatic nitrogens is 3. The first-order valence-corrected chi connectivity index (χ1v) is 4.88. The molecule has 0 aliphatic carbocycles. The molecule has 82 valence electrons. The molecule has 0 unspecified atom stereocenters. The average Bonchev–Trinajstić information content (AvgIpc) is 2.71. The Bertz CT molecular complexity index is 516. The van der Waals surface area contributed by atoms with Gasteiger partial charge < -0.3 is 10.2 Å². The van der Waals surface area contributed by atoms with Gasteiger partial charge >= 0.3 is 0 Å². The van der Waals surface area contributed by atoms with Crippen LogP contribution in [-0.2, 0) is 0 Å². The van der Waals surface area contributed by atoms with Gasteiger partial charge in [-0.3, -0.25) is 4.98 Å². The van der Waals surface area contributed by atoms with Crippen LogP contribution in [-0.4, -0.2) is 25.9 Å². The van der Waals surface area contributed by atoms with E-state index in [9.17, 15) is 0 Å². The Morgan fingerprint density at radius 1 is 1.38 bits per heavy atom. The molecule has 0 saturated heterocycles. The van der Waals surface area contributed by atoms with E-state index in [1.54, 1.807) is 19.3 Å². The number of nitrogens with one attached hydrogen (secondary N) is 1. The summed E-state index contributed by atoms with van der Waals surface area (Å²) in [6.45, 7) is 3.60. The minimum Gasteiger partial charge on any atom is -0.411 e. The molecule has 5 nitrogen and oxygen atoms in total. The molecular weight excluding hydrogens is 204 g/mol. The van der Waals surface area contributed by atoms with Crippen LogP contribution < -0.4 is 0 Å². The third-order valence-corrected chi connectivity index (χ3v) is 2.33. The summed E-state index contributed by atoms with van der Waals surface area (Å²) in [5.41, 5.74) is 3.00. The summed E-state index contributed by atoms with van der Waals surface area (Å²) in [5, 5.41) is 11.9. The molecule has 0 aromatic carbocycles. The van der Waals surface area contributed by atoms with E-state index in [4.69, 9.17) is 5.21 Å². The van der Waals surface area contributed by atoms with E-state index >= 15 is 0 Å². The van der Waals surface area contributed by atoms with Crippen molar-refractivity contribution < 1.29 is 5.21 Å². The van der Waals surface area contributed by atoms with E-state index in [0.717, 1.165) is 17.1 Å². The number of rotatable bonds is 2. The maximum atomic E-state index is 8.72. The predicted octanol–water partition coefficient (Wildman–Crippen LogP) is 1.98. The van der Waals surface area contributed by atoms with Crippen molar-refractivity contribution in [1.29, 1.82) is 0 Å². The molecule has 2 heterocycles. The summed E-state index contributed by atoms with van der Waals surface area (Å²) in [6.07, 6.45) is 3.42. The van der Waals surface area contributed by atoms with Crippen LogP contribution in [0.2, 0.25) is 0 Å². The summed E-state index contributed by atoms with van der Waals surface area (Å²) >= 11 is 0. The molecule has 0 spiro atoms. The summed E-state index contributed by atoms with van der Waals surface area (Å²) < 4.78 is 0. The van der Waals surface area contributed by atoms with Gasteiger partial charge in [0, 0.05) is 23.7 Å². The van der Waals surface area contributed by atoms with Crippen LogP contribution in [0.3, 0.4) is 0 Å². The Kier molecular flexibility index (Phi) is 2.68. The van der Waals surface area contributed by atoms with Gasteiger partial charge in [0.25, 0.3) is 0 Å². The van der Waals surface area contributed by atoms with Gasteiger partial charge in [0.1, 0.15) is 17.2 Å². The van der Waals surface area contributed by atoms with Gasteiger partial charge in [0.05, 0.1) is 0 Å². The van der Waals surface area contributed by atoms with Crippen LogP contribution in [0.25, 0.3) is 11.4 Å². The minimum atomic E-state index is 0.494. The molecule has 2 N–H and O–H groups in total. The number of nitrogens with zero attached hydrogens (tertiary/aromatic N) is 3. The molecule has 5 heteroatoms. The second-order valence-electron chi connectivity index (χ2n) is 3.48. The second kappa shape index (κ2) is 4.14. The number of pyridine rings is 1. The Morgan fingerprint density at radius 3 is 2.69 bits per heavy atom. The minimum absolute atomic E-state index is 0.494. The Morgan fingerprint density at radius 2 is 2.06 bits per heavy atom. The van der Waals surface area contributed by atoms with Gasteiger partial charge in [0.2, 0.25) is 0 Å². The fourth-order valence-electron chi connectivity index (χ4n) is 1.51. The molecule has 2 aromatic heterocycles. The number of H-pyrrole nitrogens is 1. The highest BCUT2D eigenvalue weighted by Gasteiger charge is 2.10. The summed E-state index contributed by atoms with van der Waals surface area (Å²) in [6, 6.07) is 3.74. The first kappa shape index (κ1) is 10.4. The molecule has 0 aliphatic rings.